The Bertz CT molecular complexity index is 973. The molecule has 0 fully saturated rings. The maximum Gasteiger partial charge on any atom is 0.253 e. The van der Waals surface area contributed by atoms with E-state index < -0.39 is 0 Å². The second kappa shape index (κ2) is 6.32. The van der Waals surface area contributed by atoms with Gasteiger partial charge in [-0.2, -0.15) is 0 Å². The maximum atomic E-state index is 12.5. The van der Waals surface area contributed by atoms with Crippen molar-refractivity contribution >= 4 is 16.8 Å². The number of amides is 1. The maximum absolute atomic E-state index is 12.5. The average molecular weight is 320 g/mol. The summed E-state index contributed by atoms with van der Waals surface area (Å²) in [5.41, 5.74) is 4.00. The molecule has 1 amide bonds. The fraction of sp³-hybridized carbons (Fsp3) is 0.200. The zero-order chi connectivity index (χ0) is 17.3. The zero-order valence-electron chi connectivity index (χ0n) is 14.1. The van der Waals surface area contributed by atoms with Crippen LogP contribution in [0.25, 0.3) is 10.9 Å². The number of rotatable bonds is 3. The summed E-state index contributed by atoms with van der Waals surface area (Å²) in [5, 5.41) is 0.964. The first-order valence-corrected chi connectivity index (χ1v) is 7.89. The van der Waals surface area contributed by atoms with Crippen LogP contribution < -0.4 is 5.56 Å². The Labute approximate surface area is 140 Å². The highest BCUT2D eigenvalue weighted by atomic mass is 16.2. The summed E-state index contributed by atoms with van der Waals surface area (Å²) < 4.78 is 0. The van der Waals surface area contributed by atoms with Crippen LogP contribution in [0.2, 0.25) is 0 Å². The fourth-order valence-electron chi connectivity index (χ4n) is 2.80. The second-order valence-corrected chi connectivity index (χ2v) is 6.25. The number of carbonyl (C=O) groups is 1. The third-order valence-corrected chi connectivity index (χ3v) is 4.10. The molecule has 0 radical (unpaired) electrons. The number of fused-ring (bicyclic) bond motifs is 1. The van der Waals surface area contributed by atoms with E-state index in [4.69, 9.17) is 0 Å². The van der Waals surface area contributed by atoms with Gasteiger partial charge in [0.15, 0.2) is 0 Å². The summed E-state index contributed by atoms with van der Waals surface area (Å²) in [5.74, 6) is -0.0953. The van der Waals surface area contributed by atoms with Crippen molar-refractivity contribution in [1.29, 1.82) is 0 Å². The summed E-state index contributed by atoms with van der Waals surface area (Å²) in [6.45, 7) is 4.21. The molecule has 1 heterocycles. The van der Waals surface area contributed by atoms with Gasteiger partial charge in [-0.1, -0.05) is 29.8 Å². The predicted octanol–water partition coefficient (Wildman–Crippen LogP) is 3.42. The average Bonchev–Trinajstić information content (AvgIpc) is 2.55. The molecule has 1 aromatic heterocycles. The Kier molecular flexibility index (Phi) is 4.21. The Morgan fingerprint density at radius 3 is 2.54 bits per heavy atom. The van der Waals surface area contributed by atoms with Crippen molar-refractivity contribution in [2.75, 3.05) is 7.05 Å². The molecular formula is C20H20N2O2. The second-order valence-electron chi connectivity index (χ2n) is 6.25. The minimum absolute atomic E-state index is 0.0953. The van der Waals surface area contributed by atoms with Gasteiger partial charge in [0.25, 0.3) is 11.5 Å². The number of H-pyrrole nitrogens is 1. The van der Waals surface area contributed by atoms with E-state index in [-0.39, 0.29) is 18.0 Å². The largest absolute Gasteiger partial charge is 0.337 e. The topological polar surface area (TPSA) is 53.2 Å². The van der Waals surface area contributed by atoms with Crippen molar-refractivity contribution in [3.05, 3.63) is 81.1 Å². The van der Waals surface area contributed by atoms with E-state index in [1.807, 2.05) is 56.3 Å². The number of pyridine rings is 1. The molecule has 24 heavy (non-hydrogen) atoms. The molecule has 0 atom stereocenters. The SMILES string of the molecule is Cc1cccc(C(=O)N(C)Cc2cc3ccc(C)cc3[nH]c2=O)c1. The highest BCUT2D eigenvalue weighted by molar-refractivity contribution is 5.94. The first-order chi connectivity index (χ1) is 11.4. The first-order valence-electron chi connectivity index (χ1n) is 7.89. The lowest BCUT2D eigenvalue weighted by atomic mass is 10.1. The minimum atomic E-state index is -0.156. The van der Waals surface area contributed by atoms with Crippen LogP contribution in [0.3, 0.4) is 0 Å². The summed E-state index contributed by atoms with van der Waals surface area (Å²) >= 11 is 0. The molecule has 0 saturated heterocycles. The lowest BCUT2D eigenvalue weighted by Gasteiger charge is -2.17. The van der Waals surface area contributed by atoms with E-state index in [0.29, 0.717) is 11.1 Å². The van der Waals surface area contributed by atoms with E-state index in [1.54, 1.807) is 18.0 Å². The van der Waals surface area contributed by atoms with Gasteiger partial charge in [-0.15, -0.1) is 0 Å². The fourth-order valence-corrected chi connectivity index (χ4v) is 2.80. The van der Waals surface area contributed by atoms with Crippen LogP contribution >= 0.6 is 0 Å². The van der Waals surface area contributed by atoms with Crippen LogP contribution in [0.15, 0.2) is 53.3 Å². The molecule has 3 rings (SSSR count). The van der Waals surface area contributed by atoms with E-state index in [1.165, 1.54) is 0 Å². The summed E-state index contributed by atoms with van der Waals surface area (Å²) in [6, 6.07) is 15.2. The molecule has 0 aliphatic rings. The zero-order valence-corrected chi connectivity index (χ0v) is 14.1. The van der Waals surface area contributed by atoms with Crippen LogP contribution in [-0.4, -0.2) is 22.8 Å². The molecule has 2 aromatic carbocycles. The number of aromatic amines is 1. The standard InChI is InChI=1S/C20H20N2O2/c1-13-5-4-6-16(9-13)20(24)22(3)12-17-11-15-8-7-14(2)10-18(15)21-19(17)23/h4-11H,12H2,1-3H3,(H,21,23). The summed E-state index contributed by atoms with van der Waals surface area (Å²) in [6.07, 6.45) is 0. The van der Waals surface area contributed by atoms with Crippen LogP contribution in [0.4, 0.5) is 0 Å². The molecule has 0 bridgehead atoms. The normalized spacial score (nSPS) is 10.8. The van der Waals surface area contributed by atoms with Gasteiger partial charge in [0.2, 0.25) is 0 Å². The third-order valence-electron chi connectivity index (χ3n) is 4.10. The number of hydrogen-bond donors (Lipinski definition) is 1. The molecule has 0 spiro atoms. The lowest BCUT2D eigenvalue weighted by molar-refractivity contribution is 0.0784. The molecule has 0 unspecified atom stereocenters. The molecule has 0 aliphatic carbocycles. The van der Waals surface area contributed by atoms with E-state index in [0.717, 1.165) is 22.0 Å². The first kappa shape index (κ1) is 16.0. The number of aryl methyl sites for hydroxylation is 2. The molecule has 3 aromatic rings. The number of aromatic nitrogens is 1. The van der Waals surface area contributed by atoms with Gasteiger partial charge in [-0.25, -0.2) is 0 Å². The van der Waals surface area contributed by atoms with Gasteiger partial charge in [-0.3, -0.25) is 9.59 Å². The minimum Gasteiger partial charge on any atom is -0.337 e. The molecule has 0 saturated carbocycles. The lowest BCUT2D eigenvalue weighted by Crippen LogP contribution is -2.29. The number of nitrogens with zero attached hydrogens (tertiary/aromatic N) is 1. The molecule has 4 heteroatoms. The van der Waals surface area contributed by atoms with Crippen molar-refractivity contribution in [2.45, 2.75) is 20.4 Å². The number of carbonyl (C=O) groups excluding carboxylic acids is 1. The molecule has 1 N–H and O–H groups in total. The van der Waals surface area contributed by atoms with E-state index in [2.05, 4.69) is 4.98 Å². The highest BCUT2D eigenvalue weighted by Gasteiger charge is 2.14. The van der Waals surface area contributed by atoms with Crippen molar-refractivity contribution in [1.82, 2.24) is 9.88 Å². The Morgan fingerprint density at radius 1 is 1.04 bits per heavy atom. The molecule has 4 nitrogen and oxygen atoms in total. The van der Waals surface area contributed by atoms with Gasteiger partial charge in [0.1, 0.15) is 0 Å². The van der Waals surface area contributed by atoms with E-state index in [9.17, 15) is 9.59 Å². The molecular weight excluding hydrogens is 300 g/mol. The quantitative estimate of drug-likeness (QED) is 0.804. The van der Waals surface area contributed by atoms with Crippen molar-refractivity contribution in [3.8, 4) is 0 Å². The van der Waals surface area contributed by atoms with Crippen LogP contribution in [0.5, 0.6) is 0 Å². The monoisotopic (exact) mass is 320 g/mol. The van der Waals surface area contributed by atoms with Gasteiger partial charge in [-0.05, 0) is 49.1 Å². The highest BCUT2D eigenvalue weighted by Crippen LogP contribution is 2.14. The summed E-state index contributed by atoms with van der Waals surface area (Å²) in [4.78, 5) is 29.3. The number of hydrogen-bond acceptors (Lipinski definition) is 2. The predicted molar refractivity (Wildman–Crippen MR) is 96.3 cm³/mol. The van der Waals surface area contributed by atoms with Crippen molar-refractivity contribution in [3.63, 3.8) is 0 Å². The van der Waals surface area contributed by atoms with Gasteiger partial charge >= 0.3 is 0 Å². The number of benzene rings is 2. The smallest absolute Gasteiger partial charge is 0.253 e. The summed E-state index contributed by atoms with van der Waals surface area (Å²) in [7, 11) is 1.71. The van der Waals surface area contributed by atoms with Crippen molar-refractivity contribution in [2.24, 2.45) is 0 Å². The van der Waals surface area contributed by atoms with Crippen LogP contribution in [0.1, 0.15) is 27.0 Å². The van der Waals surface area contributed by atoms with Crippen molar-refractivity contribution < 1.29 is 4.79 Å². The molecule has 122 valence electrons. The third kappa shape index (κ3) is 3.23. The number of nitrogens with one attached hydrogen (secondary N) is 1. The Morgan fingerprint density at radius 2 is 1.79 bits per heavy atom. The van der Waals surface area contributed by atoms with Crippen LogP contribution in [-0.2, 0) is 6.54 Å². The van der Waals surface area contributed by atoms with E-state index >= 15 is 0 Å². The van der Waals surface area contributed by atoms with Gasteiger partial charge in [0.05, 0.1) is 6.54 Å². The van der Waals surface area contributed by atoms with Gasteiger partial charge < -0.3 is 9.88 Å². The van der Waals surface area contributed by atoms with Crippen LogP contribution in [0, 0.1) is 13.8 Å². The molecule has 0 aliphatic heterocycles. The Hall–Kier alpha value is -2.88. The Balaban J connectivity index is 1.88. The van der Waals surface area contributed by atoms with Gasteiger partial charge in [0, 0.05) is 23.7 Å².